The van der Waals surface area contributed by atoms with Gasteiger partial charge in [-0.2, -0.15) is 0 Å². The first-order chi connectivity index (χ1) is 9.93. The zero-order valence-electron chi connectivity index (χ0n) is 11.0. The lowest BCUT2D eigenvalue weighted by molar-refractivity contribution is -0.139. The maximum atomic E-state index is 11.6. The molecule has 0 unspecified atom stereocenters. The number of carbonyl (C=O) groups excluding carboxylic acids is 2. The van der Waals surface area contributed by atoms with Gasteiger partial charge in [-0.15, -0.1) is 23.1 Å². The molecule has 7 nitrogen and oxygen atoms in total. The monoisotopic (exact) mass is 328 g/mol. The number of hydrogen-bond donors (Lipinski definition) is 3. The van der Waals surface area contributed by atoms with E-state index < -0.39 is 17.4 Å². The molecular weight excluding hydrogens is 316 g/mol. The van der Waals surface area contributed by atoms with Crippen molar-refractivity contribution < 1.29 is 19.4 Å². The molecule has 2 heterocycles. The number of thioether (sulfide) groups is 1. The van der Waals surface area contributed by atoms with E-state index in [9.17, 15) is 19.5 Å². The molecule has 0 bridgehead atoms. The van der Waals surface area contributed by atoms with Crippen LogP contribution in [0.25, 0.3) is 10.2 Å². The summed E-state index contributed by atoms with van der Waals surface area (Å²) in [7, 11) is 0. The van der Waals surface area contributed by atoms with E-state index in [-0.39, 0.29) is 29.2 Å². The van der Waals surface area contributed by atoms with Crippen molar-refractivity contribution in [3.8, 4) is 5.75 Å². The number of carbonyl (C=O) groups is 2. The van der Waals surface area contributed by atoms with Crippen LogP contribution in [0.1, 0.15) is 17.3 Å². The second-order valence-corrected chi connectivity index (χ2v) is 6.21. The molecule has 0 fully saturated rings. The number of primary amides is 1. The van der Waals surface area contributed by atoms with Gasteiger partial charge in [-0.1, -0.05) is 0 Å². The minimum absolute atomic E-state index is 0.00589. The largest absolute Gasteiger partial charge is 0.506 e. The fraction of sp³-hybridized carbons (Fsp3) is 0.250. The Labute approximate surface area is 127 Å². The summed E-state index contributed by atoms with van der Waals surface area (Å²) in [5, 5.41) is 9.77. The Bertz CT molecular complexity index is 765. The number of pyridine rings is 1. The van der Waals surface area contributed by atoms with Crippen LogP contribution in [0.15, 0.2) is 15.1 Å². The summed E-state index contributed by atoms with van der Waals surface area (Å²) in [6.45, 7) is 1.96. The van der Waals surface area contributed by atoms with Crippen molar-refractivity contribution in [1.82, 2.24) is 4.98 Å². The highest BCUT2D eigenvalue weighted by molar-refractivity contribution is 8.02. The first-order valence-electron chi connectivity index (χ1n) is 5.91. The number of fused-ring (bicyclic) bond motifs is 1. The van der Waals surface area contributed by atoms with Crippen molar-refractivity contribution in [1.29, 1.82) is 0 Å². The minimum Gasteiger partial charge on any atom is -0.506 e. The van der Waals surface area contributed by atoms with Gasteiger partial charge in [-0.3, -0.25) is 14.4 Å². The summed E-state index contributed by atoms with van der Waals surface area (Å²) >= 11 is 2.16. The highest BCUT2D eigenvalue weighted by Gasteiger charge is 2.21. The molecule has 0 aromatic carbocycles. The van der Waals surface area contributed by atoms with Crippen LogP contribution in [-0.4, -0.2) is 34.3 Å². The molecule has 21 heavy (non-hydrogen) atoms. The van der Waals surface area contributed by atoms with Gasteiger partial charge in [0, 0.05) is 6.07 Å². The highest BCUT2D eigenvalue weighted by Crippen LogP contribution is 2.40. The number of aromatic amines is 1. The summed E-state index contributed by atoms with van der Waals surface area (Å²) in [5.74, 6) is -1.39. The molecule has 0 spiro atoms. The second kappa shape index (κ2) is 6.19. The number of amides is 1. The Balaban J connectivity index is 2.46. The lowest BCUT2D eigenvalue weighted by Gasteiger charge is -2.01. The van der Waals surface area contributed by atoms with Crippen molar-refractivity contribution in [2.75, 3.05) is 12.4 Å². The fourth-order valence-electron chi connectivity index (χ4n) is 1.71. The summed E-state index contributed by atoms with van der Waals surface area (Å²) in [4.78, 5) is 36.8. The van der Waals surface area contributed by atoms with E-state index in [0.29, 0.717) is 8.91 Å². The van der Waals surface area contributed by atoms with Crippen molar-refractivity contribution in [3.63, 3.8) is 0 Å². The predicted molar refractivity (Wildman–Crippen MR) is 80.0 cm³/mol. The van der Waals surface area contributed by atoms with Crippen molar-refractivity contribution in [2.24, 2.45) is 5.73 Å². The highest BCUT2D eigenvalue weighted by atomic mass is 32.2. The van der Waals surface area contributed by atoms with Crippen LogP contribution in [0.2, 0.25) is 0 Å². The van der Waals surface area contributed by atoms with Crippen LogP contribution in [0.4, 0.5) is 0 Å². The summed E-state index contributed by atoms with van der Waals surface area (Å²) < 4.78 is 5.59. The number of nitrogens with two attached hydrogens (primary N) is 1. The van der Waals surface area contributed by atoms with Crippen LogP contribution >= 0.6 is 23.1 Å². The number of nitrogens with one attached hydrogen (secondary N) is 1. The molecule has 9 heteroatoms. The average molecular weight is 328 g/mol. The SMILES string of the molecule is CCOC(=O)CSc1sc2c(O)cc(=O)[nH]c2c1C(N)=O. The van der Waals surface area contributed by atoms with Crippen LogP contribution in [-0.2, 0) is 9.53 Å². The van der Waals surface area contributed by atoms with Gasteiger partial charge < -0.3 is 20.6 Å². The first kappa shape index (κ1) is 15.4. The van der Waals surface area contributed by atoms with Crippen molar-refractivity contribution >= 4 is 45.2 Å². The topological polar surface area (TPSA) is 122 Å². The summed E-state index contributed by atoms with van der Waals surface area (Å²) in [6.07, 6.45) is 0. The first-order valence-corrected chi connectivity index (χ1v) is 7.71. The van der Waals surface area contributed by atoms with E-state index in [1.54, 1.807) is 6.92 Å². The fourth-order valence-corrected chi connectivity index (χ4v) is 3.96. The molecule has 112 valence electrons. The van der Waals surface area contributed by atoms with Crippen molar-refractivity contribution in [3.05, 3.63) is 22.0 Å². The van der Waals surface area contributed by atoms with Gasteiger partial charge in [0.1, 0.15) is 5.75 Å². The molecule has 0 aliphatic rings. The van der Waals surface area contributed by atoms with E-state index in [1.807, 2.05) is 0 Å². The molecule has 0 aliphatic carbocycles. The molecule has 1 amide bonds. The third-order valence-corrected chi connectivity index (χ3v) is 4.95. The minimum atomic E-state index is -0.742. The van der Waals surface area contributed by atoms with Gasteiger partial charge in [0.2, 0.25) is 0 Å². The maximum absolute atomic E-state index is 11.6. The predicted octanol–water partition coefficient (Wildman–Crippen LogP) is 1.05. The maximum Gasteiger partial charge on any atom is 0.316 e. The molecule has 0 radical (unpaired) electrons. The molecule has 2 aromatic rings. The number of aromatic nitrogens is 1. The molecule has 0 saturated carbocycles. The van der Waals surface area contributed by atoms with E-state index in [2.05, 4.69) is 4.98 Å². The smallest absolute Gasteiger partial charge is 0.316 e. The lowest BCUT2D eigenvalue weighted by Crippen LogP contribution is -2.14. The quantitative estimate of drug-likeness (QED) is 0.557. The third-order valence-electron chi connectivity index (χ3n) is 2.50. The van der Waals surface area contributed by atoms with E-state index >= 15 is 0 Å². The van der Waals surface area contributed by atoms with Crippen LogP contribution < -0.4 is 11.3 Å². The van der Waals surface area contributed by atoms with Crippen LogP contribution in [0.3, 0.4) is 0 Å². The van der Waals surface area contributed by atoms with Crippen molar-refractivity contribution in [2.45, 2.75) is 11.1 Å². The summed E-state index contributed by atoms with van der Waals surface area (Å²) in [6, 6.07) is 1.02. The van der Waals surface area contributed by atoms with Crippen LogP contribution in [0, 0.1) is 0 Å². The average Bonchev–Trinajstić information content (AvgIpc) is 2.75. The Morgan fingerprint density at radius 2 is 2.24 bits per heavy atom. The Kier molecular flexibility index (Phi) is 4.53. The Morgan fingerprint density at radius 1 is 1.52 bits per heavy atom. The molecule has 0 aliphatic heterocycles. The van der Waals surface area contributed by atoms with E-state index in [1.165, 1.54) is 0 Å². The van der Waals surface area contributed by atoms with E-state index in [0.717, 1.165) is 29.2 Å². The number of esters is 1. The number of rotatable bonds is 5. The number of ether oxygens (including phenoxy) is 1. The Hall–Kier alpha value is -2.00. The van der Waals surface area contributed by atoms with E-state index in [4.69, 9.17) is 10.5 Å². The van der Waals surface area contributed by atoms with Gasteiger partial charge >= 0.3 is 5.97 Å². The molecule has 0 saturated heterocycles. The third kappa shape index (κ3) is 3.19. The number of H-pyrrole nitrogens is 1. The zero-order chi connectivity index (χ0) is 15.6. The van der Waals surface area contributed by atoms with Gasteiger partial charge in [0.15, 0.2) is 0 Å². The molecule has 4 N–H and O–H groups in total. The number of hydrogen-bond acceptors (Lipinski definition) is 7. The van der Waals surface area contributed by atoms with Crippen LogP contribution in [0.5, 0.6) is 5.75 Å². The zero-order valence-corrected chi connectivity index (χ0v) is 12.6. The van der Waals surface area contributed by atoms with Gasteiger partial charge in [0.05, 0.1) is 32.3 Å². The Morgan fingerprint density at radius 3 is 2.86 bits per heavy atom. The second-order valence-electron chi connectivity index (χ2n) is 3.95. The lowest BCUT2D eigenvalue weighted by atomic mass is 10.2. The molecule has 2 aromatic heterocycles. The number of thiophene rings is 1. The molecule has 0 atom stereocenters. The van der Waals surface area contributed by atoms with Gasteiger partial charge in [-0.05, 0) is 6.92 Å². The normalized spacial score (nSPS) is 10.7. The van der Waals surface area contributed by atoms with Gasteiger partial charge in [-0.25, -0.2) is 0 Å². The molecule has 2 rings (SSSR count). The standard InChI is InChI=1S/C12H12N2O5S2/c1-2-19-7(17)4-20-12-8(11(13)18)9-10(21-12)5(15)3-6(16)14-9/h3H,2,4H2,1H3,(H2,13,18)(H2,14,15,16). The number of aromatic hydroxyl groups is 1. The van der Waals surface area contributed by atoms with Gasteiger partial charge in [0.25, 0.3) is 11.5 Å². The molecular formula is C12H12N2O5S2. The summed E-state index contributed by atoms with van der Waals surface area (Å²) in [5.41, 5.74) is 5.06.